The molecule has 1 aliphatic heterocycles. The molecular weight excluding hydrogens is 374 g/mol. The Hall–Kier alpha value is -2.20. The highest BCUT2D eigenvalue weighted by Crippen LogP contribution is 2.40. The van der Waals surface area contributed by atoms with Gasteiger partial charge >= 0.3 is 0 Å². The lowest BCUT2D eigenvalue weighted by Gasteiger charge is -2.38. The van der Waals surface area contributed by atoms with Gasteiger partial charge in [0.15, 0.2) is 6.10 Å². The van der Waals surface area contributed by atoms with E-state index >= 15 is 0 Å². The van der Waals surface area contributed by atoms with Crippen LogP contribution in [0.2, 0.25) is 5.02 Å². The van der Waals surface area contributed by atoms with E-state index in [4.69, 9.17) is 21.1 Å². The molecule has 0 bridgehead atoms. The average molecular weight is 402 g/mol. The Labute approximate surface area is 172 Å². The first-order valence-corrected chi connectivity index (χ1v) is 9.97. The Morgan fingerprint density at radius 2 is 1.86 bits per heavy atom. The van der Waals surface area contributed by atoms with Gasteiger partial charge in [0.1, 0.15) is 17.1 Å². The molecule has 2 aromatic rings. The highest BCUT2D eigenvalue weighted by atomic mass is 35.5. The van der Waals surface area contributed by atoms with Crippen LogP contribution in [0.1, 0.15) is 55.5 Å². The van der Waals surface area contributed by atoms with Crippen molar-refractivity contribution in [3.8, 4) is 11.5 Å². The second-order valence-electron chi connectivity index (χ2n) is 8.30. The van der Waals surface area contributed by atoms with E-state index in [-0.39, 0.29) is 17.6 Å². The molecule has 0 saturated carbocycles. The van der Waals surface area contributed by atoms with Gasteiger partial charge in [0.05, 0.1) is 6.04 Å². The van der Waals surface area contributed by atoms with Gasteiger partial charge in [-0.05, 0) is 76.4 Å². The van der Waals surface area contributed by atoms with E-state index in [1.807, 2.05) is 65.0 Å². The summed E-state index contributed by atoms with van der Waals surface area (Å²) in [6.07, 6.45) is 0.0700. The van der Waals surface area contributed by atoms with Gasteiger partial charge in [-0.2, -0.15) is 0 Å². The Balaban J connectivity index is 1.75. The monoisotopic (exact) mass is 401 g/mol. The molecule has 1 aliphatic rings. The smallest absolute Gasteiger partial charge is 0.261 e. The zero-order chi connectivity index (χ0) is 20.6. The number of benzene rings is 2. The van der Waals surface area contributed by atoms with Crippen molar-refractivity contribution in [1.29, 1.82) is 0 Å². The molecule has 28 heavy (non-hydrogen) atoms. The van der Waals surface area contributed by atoms with Crippen LogP contribution in [-0.2, 0) is 4.79 Å². The maximum Gasteiger partial charge on any atom is 0.261 e. The topological polar surface area (TPSA) is 47.6 Å². The van der Waals surface area contributed by atoms with Crippen LogP contribution in [-0.4, -0.2) is 17.6 Å². The number of halogens is 1. The predicted molar refractivity (Wildman–Crippen MR) is 112 cm³/mol. The lowest BCUT2D eigenvalue weighted by molar-refractivity contribution is -0.128. The minimum atomic E-state index is -0.625. The first-order valence-electron chi connectivity index (χ1n) is 9.59. The first kappa shape index (κ1) is 20.5. The number of carbonyl (C=O) groups excluding carboxylic acids is 1. The summed E-state index contributed by atoms with van der Waals surface area (Å²) in [7, 11) is 0. The second kappa shape index (κ2) is 7.67. The van der Waals surface area contributed by atoms with Crippen LogP contribution in [0.5, 0.6) is 11.5 Å². The second-order valence-corrected chi connectivity index (χ2v) is 8.68. The fourth-order valence-electron chi connectivity index (χ4n) is 3.61. The summed E-state index contributed by atoms with van der Waals surface area (Å²) in [6, 6.07) is 9.69. The summed E-state index contributed by atoms with van der Waals surface area (Å²) in [5, 5.41) is 3.86. The van der Waals surface area contributed by atoms with Crippen LogP contribution < -0.4 is 14.8 Å². The van der Waals surface area contributed by atoms with Crippen molar-refractivity contribution < 1.29 is 14.3 Å². The van der Waals surface area contributed by atoms with Gasteiger partial charge in [-0.3, -0.25) is 4.79 Å². The largest absolute Gasteiger partial charge is 0.487 e. The Morgan fingerprint density at radius 3 is 2.50 bits per heavy atom. The highest BCUT2D eigenvalue weighted by Gasteiger charge is 2.35. The van der Waals surface area contributed by atoms with E-state index in [1.165, 1.54) is 0 Å². The number of aryl methyl sites for hydroxylation is 3. The summed E-state index contributed by atoms with van der Waals surface area (Å²) in [5.41, 5.74) is 3.64. The summed E-state index contributed by atoms with van der Waals surface area (Å²) in [5.74, 6) is 1.32. The predicted octanol–water partition coefficient (Wildman–Crippen LogP) is 5.45. The maximum absolute atomic E-state index is 12.8. The van der Waals surface area contributed by atoms with Gasteiger partial charge in [0.25, 0.3) is 5.91 Å². The summed E-state index contributed by atoms with van der Waals surface area (Å²) < 4.78 is 12.0. The van der Waals surface area contributed by atoms with E-state index < -0.39 is 6.10 Å². The van der Waals surface area contributed by atoms with Crippen molar-refractivity contribution >= 4 is 17.5 Å². The van der Waals surface area contributed by atoms with Gasteiger partial charge in [0, 0.05) is 17.0 Å². The van der Waals surface area contributed by atoms with Crippen LogP contribution in [0.25, 0.3) is 0 Å². The fourth-order valence-corrected chi connectivity index (χ4v) is 3.72. The number of ether oxygens (including phenoxy) is 2. The van der Waals surface area contributed by atoms with E-state index in [0.717, 1.165) is 33.0 Å². The minimum Gasteiger partial charge on any atom is -0.487 e. The lowest BCUT2D eigenvalue weighted by Crippen LogP contribution is -2.44. The fraction of sp³-hybridized carbons (Fsp3) is 0.435. The van der Waals surface area contributed by atoms with Crippen molar-refractivity contribution in [2.24, 2.45) is 0 Å². The van der Waals surface area contributed by atoms with Crippen molar-refractivity contribution in [2.75, 3.05) is 0 Å². The Bertz CT molecular complexity index is 884. The van der Waals surface area contributed by atoms with Gasteiger partial charge in [-0.1, -0.05) is 23.7 Å². The number of rotatable bonds is 4. The highest BCUT2D eigenvalue weighted by molar-refractivity contribution is 6.32. The Morgan fingerprint density at radius 1 is 1.21 bits per heavy atom. The molecule has 2 atom stereocenters. The molecule has 0 saturated heterocycles. The molecule has 1 heterocycles. The van der Waals surface area contributed by atoms with E-state index in [9.17, 15) is 4.79 Å². The van der Waals surface area contributed by atoms with Crippen molar-refractivity contribution in [3.05, 3.63) is 57.6 Å². The number of hydrogen-bond donors (Lipinski definition) is 1. The van der Waals surface area contributed by atoms with Gasteiger partial charge in [-0.25, -0.2) is 0 Å². The van der Waals surface area contributed by atoms with Gasteiger partial charge < -0.3 is 14.8 Å². The van der Waals surface area contributed by atoms with Crippen molar-refractivity contribution in [3.63, 3.8) is 0 Å². The summed E-state index contributed by atoms with van der Waals surface area (Å²) >= 11 is 6.22. The summed E-state index contributed by atoms with van der Waals surface area (Å²) in [6.45, 7) is 11.7. The number of carbonyl (C=O) groups is 1. The molecule has 0 radical (unpaired) electrons. The molecular formula is C23H28ClNO3. The van der Waals surface area contributed by atoms with Crippen molar-refractivity contribution in [2.45, 2.75) is 65.7 Å². The van der Waals surface area contributed by atoms with E-state index in [0.29, 0.717) is 12.2 Å². The molecule has 5 heteroatoms. The average Bonchev–Trinajstić information content (AvgIpc) is 2.58. The van der Waals surface area contributed by atoms with E-state index in [2.05, 4.69) is 5.32 Å². The zero-order valence-electron chi connectivity index (χ0n) is 17.4. The van der Waals surface area contributed by atoms with Crippen LogP contribution >= 0.6 is 11.6 Å². The minimum absolute atomic E-state index is 0.119. The third-order valence-corrected chi connectivity index (χ3v) is 5.63. The molecule has 1 N–H and O–H groups in total. The van der Waals surface area contributed by atoms with Crippen LogP contribution in [0.15, 0.2) is 30.3 Å². The third-order valence-electron chi connectivity index (χ3n) is 5.03. The van der Waals surface area contributed by atoms with Gasteiger partial charge in [0.2, 0.25) is 0 Å². The SMILES string of the molecule is Cc1ccc2c(c1)OC(C)(C)C[C@@H]2NC(=O)[C@H](C)Oc1cc(C)c(Cl)c(C)c1. The van der Waals surface area contributed by atoms with E-state index in [1.54, 1.807) is 6.92 Å². The van der Waals surface area contributed by atoms with Crippen molar-refractivity contribution in [1.82, 2.24) is 5.32 Å². The normalized spacial score (nSPS) is 18.6. The quantitative estimate of drug-likeness (QED) is 0.740. The lowest BCUT2D eigenvalue weighted by atomic mass is 9.89. The van der Waals surface area contributed by atoms with Crippen LogP contribution in [0, 0.1) is 20.8 Å². The maximum atomic E-state index is 12.8. The Kier molecular flexibility index (Phi) is 5.62. The molecule has 3 rings (SSSR count). The zero-order valence-corrected chi connectivity index (χ0v) is 18.1. The molecule has 0 spiro atoms. The molecule has 1 amide bonds. The molecule has 0 unspecified atom stereocenters. The number of fused-ring (bicyclic) bond motifs is 1. The van der Waals surface area contributed by atoms with Crippen LogP contribution in [0.4, 0.5) is 0 Å². The summed E-state index contributed by atoms with van der Waals surface area (Å²) in [4.78, 5) is 12.8. The molecule has 0 fully saturated rings. The third kappa shape index (κ3) is 4.44. The number of nitrogens with one attached hydrogen (secondary N) is 1. The first-order chi connectivity index (χ1) is 13.1. The number of amides is 1. The van der Waals surface area contributed by atoms with Gasteiger partial charge in [-0.15, -0.1) is 0 Å². The molecule has 2 aromatic carbocycles. The molecule has 150 valence electrons. The number of hydrogen-bond acceptors (Lipinski definition) is 3. The van der Waals surface area contributed by atoms with Crippen LogP contribution in [0.3, 0.4) is 0 Å². The molecule has 0 aliphatic carbocycles. The molecule has 4 nitrogen and oxygen atoms in total. The molecule has 0 aromatic heterocycles. The standard InChI is InChI=1S/C23H28ClNO3/c1-13-7-8-18-19(12-23(5,6)28-20(18)9-13)25-22(26)16(4)27-17-10-14(2)21(24)15(3)11-17/h7-11,16,19H,12H2,1-6H3,(H,25,26)/t16-,19-/m0/s1.